The van der Waals surface area contributed by atoms with Crippen molar-refractivity contribution in [3.63, 3.8) is 0 Å². The minimum absolute atomic E-state index is 0.132. The van der Waals surface area contributed by atoms with Crippen LogP contribution < -0.4 is 10.6 Å². The average molecular weight is 665 g/mol. The number of amides is 4. The number of carbonyl (C=O) groups is 3. The third-order valence-electron chi connectivity index (χ3n) is 9.14. The number of fused-ring (bicyclic) bond motifs is 1. The number of carbonyl (C=O) groups excluding carboxylic acids is 3. The van der Waals surface area contributed by atoms with Crippen molar-refractivity contribution in [2.24, 2.45) is 0 Å². The molecule has 1 aliphatic heterocycles. The van der Waals surface area contributed by atoms with Crippen LogP contribution in [0.25, 0.3) is 5.69 Å². The van der Waals surface area contributed by atoms with Gasteiger partial charge in [-0.05, 0) is 74.1 Å². The van der Waals surface area contributed by atoms with Gasteiger partial charge in [-0.25, -0.2) is 9.48 Å². The van der Waals surface area contributed by atoms with Crippen LogP contribution in [0, 0.1) is 6.92 Å². The van der Waals surface area contributed by atoms with Crippen molar-refractivity contribution in [3.8, 4) is 5.69 Å². The Kier molecular flexibility index (Phi) is 11.9. The van der Waals surface area contributed by atoms with Crippen LogP contribution in [0.2, 0.25) is 0 Å². The smallest absolute Gasteiger partial charge is 0.319 e. The number of nitrogens with zero attached hydrogens (tertiary/aromatic N) is 4. The molecule has 2 atom stereocenters. The number of benzene rings is 3. The zero-order valence-corrected chi connectivity index (χ0v) is 29.0. The highest BCUT2D eigenvalue weighted by molar-refractivity contribution is 6.00. The zero-order chi connectivity index (χ0) is 34.9. The molecular formula is C39H48N6O4. The van der Waals surface area contributed by atoms with Gasteiger partial charge in [0.05, 0.1) is 29.9 Å². The number of aliphatic hydroxyl groups excluding tert-OH is 1. The van der Waals surface area contributed by atoms with E-state index in [-0.39, 0.29) is 24.5 Å². The number of unbranched alkanes of at least 4 members (excludes halogenated alkanes) is 2. The number of nitrogens with one attached hydrogen (secondary N) is 2. The Labute approximate surface area is 289 Å². The molecule has 3 aromatic carbocycles. The number of aromatic nitrogens is 2. The van der Waals surface area contributed by atoms with Gasteiger partial charge >= 0.3 is 6.03 Å². The minimum Gasteiger partial charge on any atom is -0.394 e. The van der Waals surface area contributed by atoms with Crippen LogP contribution >= 0.6 is 0 Å². The lowest BCUT2D eigenvalue weighted by Crippen LogP contribution is -2.46. The Hall–Kier alpha value is -4.96. The molecule has 0 unspecified atom stereocenters. The molecule has 0 spiro atoms. The van der Waals surface area contributed by atoms with Crippen LogP contribution in [-0.4, -0.2) is 68.3 Å². The standard InChI is InChI=1S/C39H48N6O4/c1-5-7-20-43(21-8-6-2)38(48)35-22-27(3)45(42-35)36-19-18-32(41-39(49)40-28(4)29-14-10-9-11-15-29)24-34(36)37(47)44-25-31-17-13-12-16-30(31)23-33(44)26-46/h9-19,22,24,28,33,46H,5-8,20-21,23,25-26H2,1-4H3,(H2,40,41,49)/t28-,33-/m0/s1. The van der Waals surface area contributed by atoms with Crippen LogP contribution in [0.4, 0.5) is 10.5 Å². The largest absolute Gasteiger partial charge is 0.394 e. The summed E-state index contributed by atoms with van der Waals surface area (Å²) in [4.78, 5) is 44.9. The fourth-order valence-corrected chi connectivity index (χ4v) is 6.30. The van der Waals surface area contributed by atoms with Gasteiger partial charge < -0.3 is 25.5 Å². The number of aryl methyl sites for hydroxylation is 1. The highest BCUT2D eigenvalue weighted by Crippen LogP contribution is 2.29. The van der Waals surface area contributed by atoms with Crippen LogP contribution in [0.3, 0.4) is 0 Å². The third-order valence-corrected chi connectivity index (χ3v) is 9.14. The van der Waals surface area contributed by atoms with Gasteiger partial charge in [0, 0.05) is 31.0 Å². The normalized spacial score (nSPS) is 14.6. The number of hydrogen-bond donors (Lipinski definition) is 3. The highest BCUT2D eigenvalue weighted by Gasteiger charge is 2.32. The van der Waals surface area contributed by atoms with E-state index in [1.165, 1.54) is 0 Å². The van der Waals surface area contributed by atoms with E-state index in [2.05, 4.69) is 24.5 Å². The van der Waals surface area contributed by atoms with E-state index in [1.54, 1.807) is 33.8 Å². The Morgan fingerprint density at radius 2 is 1.61 bits per heavy atom. The van der Waals surface area contributed by atoms with E-state index in [1.807, 2.05) is 73.3 Å². The number of anilines is 1. The topological polar surface area (TPSA) is 120 Å². The second-order valence-corrected chi connectivity index (χ2v) is 12.8. The van der Waals surface area contributed by atoms with Gasteiger partial charge in [0.25, 0.3) is 11.8 Å². The van der Waals surface area contributed by atoms with Gasteiger partial charge in [-0.2, -0.15) is 5.10 Å². The molecule has 2 heterocycles. The Morgan fingerprint density at radius 1 is 0.939 bits per heavy atom. The fraction of sp³-hybridized carbons (Fsp3) is 0.385. The molecule has 4 aromatic rings. The summed E-state index contributed by atoms with van der Waals surface area (Å²) in [7, 11) is 0. The van der Waals surface area contributed by atoms with E-state index in [9.17, 15) is 19.5 Å². The van der Waals surface area contributed by atoms with E-state index in [0.717, 1.165) is 42.4 Å². The van der Waals surface area contributed by atoms with Gasteiger partial charge in [-0.1, -0.05) is 81.3 Å². The molecule has 0 saturated carbocycles. The SMILES string of the molecule is CCCCN(CCCC)C(=O)c1cc(C)n(-c2ccc(NC(=O)N[C@@H](C)c3ccccc3)cc2C(=O)N2Cc3ccccc3C[C@H]2CO)n1. The molecule has 0 bridgehead atoms. The van der Waals surface area contributed by atoms with Crippen molar-refractivity contribution in [1.29, 1.82) is 0 Å². The lowest BCUT2D eigenvalue weighted by molar-refractivity contribution is 0.0544. The Morgan fingerprint density at radius 3 is 2.29 bits per heavy atom. The lowest BCUT2D eigenvalue weighted by Gasteiger charge is -2.36. The maximum Gasteiger partial charge on any atom is 0.319 e. The molecule has 1 aliphatic rings. The number of hydrogen-bond acceptors (Lipinski definition) is 5. The van der Waals surface area contributed by atoms with Gasteiger partial charge in [-0.3, -0.25) is 9.59 Å². The summed E-state index contributed by atoms with van der Waals surface area (Å²) in [5.74, 6) is -0.437. The van der Waals surface area contributed by atoms with Gasteiger partial charge in [0.1, 0.15) is 0 Å². The van der Waals surface area contributed by atoms with Crippen LogP contribution in [0.1, 0.15) is 95.7 Å². The second kappa shape index (κ2) is 16.4. The zero-order valence-electron chi connectivity index (χ0n) is 29.0. The average Bonchev–Trinajstić information content (AvgIpc) is 3.51. The Bertz CT molecular complexity index is 1750. The lowest BCUT2D eigenvalue weighted by atomic mass is 9.93. The summed E-state index contributed by atoms with van der Waals surface area (Å²) >= 11 is 0. The predicted octanol–water partition coefficient (Wildman–Crippen LogP) is 6.67. The van der Waals surface area contributed by atoms with Crippen LogP contribution in [0.5, 0.6) is 0 Å². The molecular weight excluding hydrogens is 616 g/mol. The van der Waals surface area contributed by atoms with E-state index >= 15 is 0 Å². The van der Waals surface area contributed by atoms with Crippen LogP contribution in [0.15, 0.2) is 78.9 Å². The molecule has 10 heteroatoms. The maximum atomic E-state index is 14.5. The first-order valence-corrected chi connectivity index (χ1v) is 17.3. The summed E-state index contributed by atoms with van der Waals surface area (Å²) in [5.41, 5.74) is 5.31. The molecule has 4 amide bonds. The summed E-state index contributed by atoms with van der Waals surface area (Å²) in [5, 5.41) is 21.0. The number of rotatable bonds is 13. The molecule has 258 valence electrons. The monoisotopic (exact) mass is 664 g/mol. The van der Waals surface area contributed by atoms with Crippen molar-refractivity contribution >= 4 is 23.5 Å². The molecule has 10 nitrogen and oxygen atoms in total. The van der Waals surface area contributed by atoms with Gasteiger partial charge in [0.2, 0.25) is 0 Å². The summed E-state index contributed by atoms with van der Waals surface area (Å²) in [6.07, 6.45) is 4.30. The summed E-state index contributed by atoms with van der Waals surface area (Å²) in [6, 6.07) is 23.4. The fourth-order valence-electron chi connectivity index (χ4n) is 6.30. The summed E-state index contributed by atoms with van der Waals surface area (Å²) in [6.45, 7) is 9.43. The van der Waals surface area contributed by atoms with Gasteiger partial charge in [0.15, 0.2) is 5.69 Å². The first-order chi connectivity index (χ1) is 23.7. The predicted molar refractivity (Wildman–Crippen MR) is 192 cm³/mol. The quantitative estimate of drug-likeness (QED) is 0.148. The van der Waals surface area contributed by atoms with Crippen molar-refractivity contribution in [1.82, 2.24) is 24.9 Å². The van der Waals surface area contributed by atoms with E-state index in [4.69, 9.17) is 5.10 Å². The van der Waals surface area contributed by atoms with E-state index in [0.29, 0.717) is 54.4 Å². The van der Waals surface area contributed by atoms with Crippen molar-refractivity contribution in [2.45, 2.75) is 78.4 Å². The summed E-state index contributed by atoms with van der Waals surface area (Å²) < 4.78 is 1.63. The van der Waals surface area contributed by atoms with Crippen molar-refractivity contribution in [3.05, 3.63) is 113 Å². The van der Waals surface area contributed by atoms with Crippen LogP contribution in [-0.2, 0) is 13.0 Å². The Balaban J connectivity index is 1.49. The first kappa shape index (κ1) is 35.3. The molecule has 3 N–H and O–H groups in total. The second-order valence-electron chi connectivity index (χ2n) is 12.8. The highest BCUT2D eigenvalue weighted by atomic mass is 16.3. The van der Waals surface area contributed by atoms with Gasteiger partial charge in [-0.15, -0.1) is 0 Å². The molecule has 0 saturated heterocycles. The molecule has 0 aliphatic carbocycles. The molecule has 0 radical (unpaired) electrons. The first-order valence-electron chi connectivity index (χ1n) is 17.3. The number of aliphatic hydroxyl groups is 1. The minimum atomic E-state index is -0.427. The number of urea groups is 1. The van der Waals surface area contributed by atoms with E-state index < -0.39 is 12.1 Å². The molecule has 1 aromatic heterocycles. The molecule has 5 rings (SSSR count). The molecule has 0 fully saturated rings. The molecule has 49 heavy (non-hydrogen) atoms. The van der Waals surface area contributed by atoms with Crippen molar-refractivity contribution < 1.29 is 19.5 Å². The maximum absolute atomic E-state index is 14.5. The third kappa shape index (κ3) is 8.37. The van der Waals surface area contributed by atoms with Crippen molar-refractivity contribution in [2.75, 3.05) is 25.0 Å².